The van der Waals surface area contributed by atoms with Gasteiger partial charge >= 0.3 is 105 Å². The zero-order valence-electron chi connectivity index (χ0n) is 37.3. The van der Waals surface area contributed by atoms with Gasteiger partial charge in [-0.2, -0.15) is 79.0 Å². The number of halogens is 18. The molecule has 0 bridgehead atoms. The summed E-state index contributed by atoms with van der Waals surface area (Å²) < 4.78 is 226. The van der Waals surface area contributed by atoms with E-state index in [0.29, 0.717) is 0 Å². The number of nitrogens with zero attached hydrogens (tertiary/aromatic N) is 6. The number of hydrogen-bond acceptors (Lipinski definition) is 3. The molecular formula is C47H31CoF18KN6. The van der Waals surface area contributed by atoms with Gasteiger partial charge in [0.1, 0.15) is 0 Å². The number of aryl methyl sites for hydroxylation is 2. The second-order valence-corrected chi connectivity index (χ2v) is 14.2. The van der Waals surface area contributed by atoms with E-state index in [4.69, 9.17) is 0 Å². The van der Waals surface area contributed by atoms with Gasteiger partial charge in [0, 0.05) is 52.4 Å². The molecule has 8 aromatic rings. The molecule has 0 unspecified atom stereocenters. The zero-order valence-corrected chi connectivity index (χ0v) is 41.4. The molecule has 8 rings (SSSR count). The number of rotatable bonds is 3. The van der Waals surface area contributed by atoms with Crippen molar-refractivity contribution in [3.8, 4) is 34.2 Å². The fourth-order valence-electron chi connectivity index (χ4n) is 5.50. The standard InChI is InChI=1S/3C11H5F6N2.2C7H8.Co.K/c3*12-10(13,14)6-5-8(11(15,16)17)19-9(6)7-3-1-2-4-18-7;2*1-7-5-3-2-4-6-7;;/h3*1-5H;2*2-6H,1H3;;/q3*-1;;;+2;+1. The quantitative estimate of drug-likeness (QED) is 0.130. The summed E-state index contributed by atoms with van der Waals surface area (Å²) in [5, 5.41) is 0. The molecule has 0 atom stereocenters. The van der Waals surface area contributed by atoms with Gasteiger partial charge in [-0.3, -0.25) is 15.0 Å². The molecule has 0 aliphatic heterocycles. The van der Waals surface area contributed by atoms with Crippen LogP contribution in [0, 0.1) is 13.8 Å². The molecule has 0 fully saturated rings. The summed E-state index contributed by atoms with van der Waals surface area (Å²) >= 11 is 0. The third-order valence-corrected chi connectivity index (χ3v) is 8.70. The molecule has 6 heterocycles. The largest absolute Gasteiger partial charge is 2.00 e. The fourth-order valence-corrected chi connectivity index (χ4v) is 5.50. The predicted molar refractivity (Wildman–Crippen MR) is 221 cm³/mol. The van der Waals surface area contributed by atoms with E-state index in [1.807, 2.05) is 36.4 Å². The Bertz CT molecular complexity index is 2550. The van der Waals surface area contributed by atoms with Gasteiger partial charge in [0.15, 0.2) is 0 Å². The van der Waals surface area contributed by atoms with Crippen LogP contribution in [0.4, 0.5) is 79.0 Å². The van der Waals surface area contributed by atoms with Gasteiger partial charge < -0.3 is 15.0 Å². The minimum absolute atomic E-state index is 0. The first-order valence-electron chi connectivity index (χ1n) is 19.6. The van der Waals surface area contributed by atoms with Gasteiger partial charge in [-0.15, -0.1) is 0 Å². The average Bonchev–Trinajstić information content (AvgIpc) is 4.08. The van der Waals surface area contributed by atoms with Crippen molar-refractivity contribution in [1.82, 2.24) is 29.9 Å². The maximum absolute atomic E-state index is 12.7. The fraction of sp³-hybridized carbons (Fsp3) is 0.170. The maximum atomic E-state index is 12.7. The Kier molecular flexibility index (Phi) is 23.3. The number of hydrogen-bond donors (Lipinski definition) is 0. The Hall–Kier alpha value is -5.39. The third-order valence-electron chi connectivity index (χ3n) is 8.70. The number of alkyl halides is 18. The van der Waals surface area contributed by atoms with Crippen LogP contribution in [0.3, 0.4) is 0 Å². The van der Waals surface area contributed by atoms with E-state index in [0.717, 1.165) is 18.2 Å². The van der Waals surface area contributed by atoms with Crippen LogP contribution in [-0.4, -0.2) is 15.0 Å². The Labute approximate surface area is 455 Å². The number of aromatic nitrogens is 6. The molecule has 385 valence electrons. The molecule has 0 saturated carbocycles. The molecule has 0 aliphatic rings. The second kappa shape index (κ2) is 26.7. The second-order valence-electron chi connectivity index (χ2n) is 14.2. The SMILES string of the molecule is Cc1ccccc1.Cc1ccccc1.FC(F)(F)c1cc(C(F)(F)F)c(-c2ccccn2)[n-]1.FC(F)(F)c1cc(C(F)(F)F)c(-c2ccccn2)[n-]1.FC(F)(F)c1cc(C(F)(F)F)c(-c2ccccn2)[n-]1.[Co+2].[K+]. The Morgan fingerprint density at radius 1 is 0.315 bits per heavy atom. The molecule has 0 aliphatic carbocycles. The van der Waals surface area contributed by atoms with Crippen LogP contribution in [-0.2, 0) is 53.8 Å². The predicted octanol–water partition coefficient (Wildman–Crippen LogP) is 12.2. The van der Waals surface area contributed by atoms with Gasteiger partial charge in [-0.25, -0.2) is 0 Å². The third kappa shape index (κ3) is 19.8. The van der Waals surface area contributed by atoms with Crippen LogP contribution < -0.4 is 66.3 Å². The van der Waals surface area contributed by atoms with Crippen molar-refractivity contribution in [2.24, 2.45) is 0 Å². The molecule has 0 saturated heterocycles. The summed E-state index contributed by atoms with van der Waals surface area (Å²) in [6, 6.07) is 32.4. The molecule has 0 N–H and O–H groups in total. The van der Waals surface area contributed by atoms with Crippen molar-refractivity contribution < 1.29 is 147 Å². The van der Waals surface area contributed by atoms with Crippen molar-refractivity contribution in [1.29, 1.82) is 0 Å². The first-order valence-corrected chi connectivity index (χ1v) is 19.6. The van der Waals surface area contributed by atoms with Crippen molar-refractivity contribution >= 4 is 0 Å². The molecular weight excluding hydrogens is 1090 g/mol. The number of benzene rings is 2. The van der Waals surface area contributed by atoms with Crippen molar-refractivity contribution in [2.75, 3.05) is 0 Å². The normalized spacial score (nSPS) is 11.6. The van der Waals surface area contributed by atoms with Crippen LogP contribution >= 0.6 is 0 Å². The monoisotopic (exact) mass is 1120 g/mol. The Balaban J connectivity index is 0.000000326. The summed E-state index contributed by atoms with van der Waals surface area (Å²) in [5.41, 5.74) is -9.68. The summed E-state index contributed by atoms with van der Waals surface area (Å²) in [7, 11) is 0. The van der Waals surface area contributed by atoms with Crippen LogP contribution in [0.25, 0.3) is 34.2 Å². The number of pyridine rings is 3. The molecule has 1 radical (unpaired) electrons. The van der Waals surface area contributed by atoms with E-state index in [2.05, 4.69) is 68.0 Å². The topological polar surface area (TPSA) is 81.0 Å². The summed E-state index contributed by atoms with van der Waals surface area (Å²) in [5.74, 6) is 0. The summed E-state index contributed by atoms with van der Waals surface area (Å²) in [6.45, 7) is 4.17. The van der Waals surface area contributed by atoms with Crippen molar-refractivity contribution in [3.63, 3.8) is 0 Å². The minimum Gasteiger partial charge on any atom is -0.652 e. The van der Waals surface area contributed by atoms with Gasteiger partial charge in [-0.1, -0.05) is 142 Å². The molecule has 0 spiro atoms. The van der Waals surface area contributed by atoms with E-state index in [1.54, 1.807) is 0 Å². The van der Waals surface area contributed by atoms with Crippen LogP contribution in [0.2, 0.25) is 0 Å². The molecule has 6 nitrogen and oxygen atoms in total. The van der Waals surface area contributed by atoms with Crippen molar-refractivity contribution in [2.45, 2.75) is 50.9 Å². The minimum atomic E-state index is -4.94. The van der Waals surface area contributed by atoms with Gasteiger partial charge in [0.2, 0.25) is 0 Å². The molecule has 26 heteroatoms. The smallest absolute Gasteiger partial charge is 0.652 e. The molecule has 73 heavy (non-hydrogen) atoms. The first-order chi connectivity index (χ1) is 32.9. The molecule has 6 aromatic heterocycles. The van der Waals surface area contributed by atoms with Gasteiger partial charge in [0.25, 0.3) is 0 Å². The van der Waals surface area contributed by atoms with Gasteiger partial charge in [-0.05, 0) is 50.2 Å². The Morgan fingerprint density at radius 2 is 0.534 bits per heavy atom. The van der Waals surface area contributed by atoms with E-state index >= 15 is 0 Å². The average molecular weight is 1120 g/mol. The van der Waals surface area contributed by atoms with Gasteiger partial charge in [0.05, 0.1) is 0 Å². The zero-order chi connectivity index (χ0) is 53.0. The van der Waals surface area contributed by atoms with E-state index < -0.39 is 87.9 Å². The summed E-state index contributed by atoms with van der Waals surface area (Å²) in [4.78, 5) is 19.8. The maximum Gasteiger partial charge on any atom is 2.00 e. The van der Waals surface area contributed by atoms with Crippen LogP contribution in [0.1, 0.15) is 44.9 Å². The summed E-state index contributed by atoms with van der Waals surface area (Å²) in [6.07, 6.45) is -26.1. The van der Waals surface area contributed by atoms with Crippen molar-refractivity contribution in [3.05, 3.63) is 197 Å². The van der Waals surface area contributed by atoms with E-state index in [9.17, 15) is 79.0 Å². The Morgan fingerprint density at radius 3 is 0.685 bits per heavy atom. The van der Waals surface area contributed by atoms with E-state index in [1.165, 1.54) is 66.1 Å². The molecule has 0 amide bonds. The van der Waals surface area contributed by atoms with Crippen LogP contribution in [0.5, 0.6) is 0 Å². The van der Waals surface area contributed by atoms with E-state index in [-0.39, 0.29) is 103 Å². The molecule has 2 aromatic carbocycles. The first kappa shape index (κ1) is 63.7. The van der Waals surface area contributed by atoms with Crippen LogP contribution in [0.15, 0.2) is 152 Å².